The van der Waals surface area contributed by atoms with E-state index in [0.29, 0.717) is 23.0 Å². The second-order valence-corrected chi connectivity index (χ2v) is 7.09. The standard InChI is InChI=1S/C18H15BrN2O3S/c1-23-14-8-12(9-15-17(22)21-18(20)25-15)7-13(19)16(14)24-10-11-5-3-2-4-6-11/h2-9H,10H2,1H3,(H2,20,21,22). The molecule has 25 heavy (non-hydrogen) atoms. The number of halogens is 1. The third-order valence-electron chi connectivity index (χ3n) is 3.41. The van der Waals surface area contributed by atoms with Gasteiger partial charge < -0.3 is 15.2 Å². The number of carbonyl (C=O) groups excluding carboxylic acids is 1. The molecule has 1 heterocycles. The Labute approximate surface area is 158 Å². The van der Waals surface area contributed by atoms with E-state index in [1.807, 2.05) is 36.4 Å². The van der Waals surface area contributed by atoms with Crippen molar-refractivity contribution in [3.05, 3.63) is 63.0 Å². The molecule has 2 aromatic carbocycles. The van der Waals surface area contributed by atoms with Gasteiger partial charge in [-0.3, -0.25) is 4.79 Å². The maximum Gasteiger partial charge on any atom is 0.286 e. The van der Waals surface area contributed by atoms with Crippen molar-refractivity contribution in [2.45, 2.75) is 6.61 Å². The van der Waals surface area contributed by atoms with Gasteiger partial charge in [0, 0.05) is 0 Å². The lowest BCUT2D eigenvalue weighted by molar-refractivity contribution is -0.113. The van der Waals surface area contributed by atoms with Gasteiger partial charge in [0.25, 0.3) is 5.91 Å². The zero-order valence-corrected chi connectivity index (χ0v) is 15.8. The molecule has 0 unspecified atom stereocenters. The molecule has 0 bridgehead atoms. The first-order valence-corrected chi connectivity index (χ1v) is 9.00. The summed E-state index contributed by atoms with van der Waals surface area (Å²) >= 11 is 4.66. The van der Waals surface area contributed by atoms with Gasteiger partial charge in [0.15, 0.2) is 16.7 Å². The average Bonchev–Trinajstić information content (AvgIpc) is 2.91. The Hall–Kier alpha value is -2.25. The predicted octanol–water partition coefficient (Wildman–Crippen LogP) is 3.97. The fourth-order valence-corrected chi connectivity index (χ4v) is 3.53. The van der Waals surface area contributed by atoms with Crippen LogP contribution in [0.3, 0.4) is 0 Å². The van der Waals surface area contributed by atoms with Crippen LogP contribution in [0.1, 0.15) is 11.1 Å². The summed E-state index contributed by atoms with van der Waals surface area (Å²) in [4.78, 5) is 15.9. The Morgan fingerprint density at radius 1 is 1.28 bits per heavy atom. The molecule has 0 radical (unpaired) electrons. The second-order valence-electron chi connectivity index (χ2n) is 5.17. The SMILES string of the molecule is COc1cc(C=C2SC(N)=NC2=O)cc(Br)c1OCc1ccccc1. The van der Waals surface area contributed by atoms with Crippen LogP contribution < -0.4 is 15.2 Å². The summed E-state index contributed by atoms with van der Waals surface area (Å²) in [6.45, 7) is 0.426. The highest BCUT2D eigenvalue weighted by Crippen LogP contribution is 2.38. The molecular weight excluding hydrogens is 404 g/mol. The van der Waals surface area contributed by atoms with Crippen LogP contribution in [0.25, 0.3) is 6.08 Å². The number of methoxy groups -OCH3 is 1. The third-order valence-corrected chi connectivity index (χ3v) is 4.81. The van der Waals surface area contributed by atoms with Gasteiger partial charge in [0.1, 0.15) is 6.61 Å². The Bertz CT molecular complexity index is 866. The maximum absolute atomic E-state index is 11.7. The van der Waals surface area contributed by atoms with E-state index in [2.05, 4.69) is 20.9 Å². The topological polar surface area (TPSA) is 73.9 Å². The number of thioether (sulfide) groups is 1. The van der Waals surface area contributed by atoms with E-state index in [1.165, 1.54) is 0 Å². The number of nitrogens with two attached hydrogens (primary N) is 1. The van der Waals surface area contributed by atoms with Gasteiger partial charge in [-0.05, 0) is 57.0 Å². The van der Waals surface area contributed by atoms with Gasteiger partial charge in [-0.15, -0.1) is 0 Å². The van der Waals surface area contributed by atoms with Crippen LogP contribution in [-0.4, -0.2) is 18.2 Å². The number of ether oxygens (including phenoxy) is 2. The highest BCUT2D eigenvalue weighted by molar-refractivity contribution is 9.10. The minimum absolute atomic E-state index is 0.255. The van der Waals surface area contributed by atoms with E-state index in [9.17, 15) is 4.79 Å². The molecule has 1 amide bonds. The van der Waals surface area contributed by atoms with Crippen LogP contribution in [0, 0.1) is 0 Å². The highest BCUT2D eigenvalue weighted by Gasteiger charge is 2.20. The smallest absolute Gasteiger partial charge is 0.286 e. The first-order valence-electron chi connectivity index (χ1n) is 7.39. The van der Waals surface area contributed by atoms with Crippen LogP contribution in [0.2, 0.25) is 0 Å². The summed E-state index contributed by atoms with van der Waals surface area (Å²) in [6, 6.07) is 13.5. The van der Waals surface area contributed by atoms with Crippen molar-refractivity contribution < 1.29 is 14.3 Å². The van der Waals surface area contributed by atoms with Gasteiger partial charge >= 0.3 is 0 Å². The van der Waals surface area contributed by atoms with E-state index in [1.54, 1.807) is 19.3 Å². The monoisotopic (exact) mass is 418 g/mol. The van der Waals surface area contributed by atoms with Crippen LogP contribution in [0.4, 0.5) is 0 Å². The lowest BCUT2D eigenvalue weighted by atomic mass is 10.2. The molecular formula is C18H15BrN2O3S. The number of hydrogen-bond acceptors (Lipinski definition) is 5. The summed E-state index contributed by atoms with van der Waals surface area (Å²) in [6.07, 6.45) is 1.73. The van der Waals surface area contributed by atoms with Crippen molar-refractivity contribution in [3.8, 4) is 11.5 Å². The number of benzene rings is 2. The Morgan fingerprint density at radius 3 is 2.68 bits per heavy atom. The molecule has 2 aromatic rings. The summed E-state index contributed by atoms with van der Waals surface area (Å²) in [5.74, 6) is 0.846. The predicted molar refractivity (Wildman–Crippen MR) is 104 cm³/mol. The fourth-order valence-electron chi connectivity index (χ4n) is 2.27. The molecule has 0 aliphatic carbocycles. The van der Waals surface area contributed by atoms with E-state index >= 15 is 0 Å². The van der Waals surface area contributed by atoms with Crippen molar-refractivity contribution in [1.82, 2.24) is 0 Å². The molecule has 128 valence electrons. The summed E-state index contributed by atoms with van der Waals surface area (Å²) in [5.41, 5.74) is 7.42. The van der Waals surface area contributed by atoms with Gasteiger partial charge in [-0.25, -0.2) is 0 Å². The molecule has 1 aliphatic heterocycles. The molecule has 0 aromatic heterocycles. The van der Waals surface area contributed by atoms with Crippen molar-refractivity contribution in [3.63, 3.8) is 0 Å². The maximum atomic E-state index is 11.7. The van der Waals surface area contributed by atoms with E-state index < -0.39 is 0 Å². The lowest BCUT2D eigenvalue weighted by Gasteiger charge is -2.14. The van der Waals surface area contributed by atoms with Crippen LogP contribution >= 0.6 is 27.7 Å². The van der Waals surface area contributed by atoms with Crippen molar-refractivity contribution >= 4 is 44.8 Å². The molecule has 0 saturated heterocycles. The number of amides is 1. The summed E-state index contributed by atoms with van der Waals surface area (Å²) in [7, 11) is 1.57. The first kappa shape index (κ1) is 17.6. The van der Waals surface area contributed by atoms with E-state index in [-0.39, 0.29) is 11.1 Å². The average molecular weight is 419 g/mol. The molecule has 0 fully saturated rings. The van der Waals surface area contributed by atoms with Crippen LogP contribution in [0.5, 0.6) is 11.5 Å². The van der Waals surface area contributed by atoms with E-state index in [0.717, 1.165) is 27.4 Å². The van der Waals surface area contributed by atoms with Crippen molar-refractivity contribution in [1.29, 1.82) is 0 Å². The molecule has 5 nitrogen and oxygen atoms in total. The Balaban J connectivity index is 1.84. The van der Waals surface area contributed by atoms with Crippen LogP contribution in [-0.2, 0) is 11.4 Å². The molecule has 7 heteroatoms. The third kappa shape index (κ3) is 4.24. The summed E-state index contributed by atoms with van der Waals surface area (Å²) in [5, 5.41) is 0.255. The number of nitrogens with zero attached hydrogens (tertiary/aromatic N) is 1. The minimum atomic E-state index is -0.331. The van der Waals surface area contributed by atoms with Crippen molar-refractivity contribution in [2.75, 3.05) is 7.11 Å². The number of amidine groups is 1. The molecule has 0 spiro atoms. The minimum Gasteiger partial charge on any atom is -0.493 e. The molecule has 2 N–H and O–H groups in total. The molecule has 0 atom stereocenters. The number of carbonyl (C=O) groups is 1. The lowest BCUT2D eigenvalue weighted by Crippen LogP contribution is -2.01. The van der Waals surface area contributed by atoms with Crippen molar-refractivity contribution in [2.24, 2.45) is 10.7 Å². The van der Waals surface area contributed by atoms with E-state index in [4.69, 9.17) is 15.2 Å². The number of hydrogen-bond donors (Lipinski definition) is 1. The molecule has 1 aliphatic rings. The number of aliphatic imine (C=N–C) groups is 1. The Morgan fingerprint density at radius 2 is 2.04 bits per heavy atom. The largest absolute Gasteiger partial charge is 0.493 e. The van der Waals surface area contributed by atoms with Crippen LogP contribution in [0.15, 0.2) is 56.8 Å². The molecule has 3 rings (SSSR count). The molecule has 0 saturated carbocycles. The highest BCUT2D eigenvalue weighted by atomic mass is 79.9. The van der Waals surface area contributed by atoms with Gasteiger partial charge in [0.05, 0.1) is 16.5 Å². The quantitative estimate of drug-likeness (QED) is 0.743. The van der Waals surface area contributed by atoms with Gasteiger partial charge in [0.2, 0.25) is 0 Å². The van der Waals surface area contributed by atoms with Gasteiger partial charge in [-0.1, -0.05) is 30.3 Å². The zero-order valence-electron chi connectivity index (χ0n) is 13.4. The summed E-state index contributed by atoms with van der Waals surface area (Å²) < 4.78 is 12.1. The fraction of sp³-hybridized carbons (Fsp3) is 0.111. The van der Waals surface area contributed by atoms with Gasteiger partial charge in [-0.2, -0.15) is 4.99 Å². The first-order chi connectivity index (χ1) is 12.1. The Kier molecular flexibility index (Phi) is 5.45. The normalized spacial score (nSPS) is 15.4. The number of rotatable bonds is 5. The second kappa shape index (κ2) is 7.76. The zero-order chi connectivity index (χ0) is 17.8.